The molecule has 0 aliphatic heterocycles. The van der Waals surface area contributed by atoms with E-state index in [1.807, 2.05) is 30.3 Å². The van der Waals surface area contributed by atoms with Crippen molar-refractivity contribution in [3.8, 4) is 0 Å². The Morgan fingerprint density at radius 1 is 0.850 bits per heavy atom. The third-order valence-corrected chi connectivity index (χ3v) is 8.79. The zero-order chi connectivity index (χ0) is 28.2. The molecule has 204 valence electrons. The molecule has 4 aromatic rings. The molecule has 1 aromatic heterocycles. The van der Waals surface area contributed by atoms with Gasteiger partial charge in [-0.2, -0.15) is 4.31 Å². The van der Waals surface area contributed by atoms with Gasteiger partial charge in [0.05, 0.1) is 35.3 Å². The number of carbonyl (C=O) groups is 2. The number of hydrogen-bond acceptors (Lipinski definition) is 6. The lowest BCUT2D eigenvalue weighted by Crippen LogP contribution is -2.34. The summed E-state index contributed by atoms with van der Waals surface area (Å²) in [4.78, 5) is 29.2. The Labute approximate surface area is 233 Å². The molecule has 40 heavy (non-hydrogen) atoms. The molecule has 1 saturated carbocycles. The number of nitrogens with zero attached hydrogens (tertiary/aromatic N) is 2. The third-order valence-electron chi connectivity index (χ3n) is 6.98. The molecule has 8 nitrogen and oxygen atoms in total. The second-order valence-electron chi connectivity index (χ2n) is 9.71. The van der Waals surface area contributed by atoms with Crippen molar-refractivity contribution in [2.45, 2.75) is 36.4 Å². The molecule has 9 heteroatoms. The maximum absolute atomic E-state index is 13.7. The summed E-state index contributed by atoms with van der Waals surface area (Å²) < 4.78 is 33.4. The van der Waals surface area contributed by atoms with Crippen LogP contribution in [-0.4, -0.2) is 36.7 Å². The van der Waals surface area contributed by atoms with Gasteiger partial charge in [-0.1, -0.05) is 48.5 Å². The molecule has 1 aliphatic carbocycles. The Hall–Kier alpha value is -4.34. The number of methoxy groups -OCH3 is 1. The average molecular weight is 556 g/mol. The predicted octanol–water partition coefficient (Wildman–Crippen LogP) is 4.68. The van der Waals surface area contributed by atoms with E-state index in [0.717, 1.165) is 18.4 Å². The number of aromatic nitrogens is 1. The summed E-state index contributed by atoms with van der Waals surface area (Å²) in [5, 5.41) is 3.17. The number of ether oxygens (including phenoxy) is 1. The molecule has 1 heterocycles. The molecule has 0 unspecified atom stereocenters. The van der Waals surface area contributed by atoms with Gasteiger partial charge in [-0.15, -0.1) is 0 Å². The Morgan fingerprint density at radius 3 is 2.10 bits per heavy atom. The number of hydrogen-bond donors (Lipinski definition) is 1. The minimum absolute atomic E-state index is 0.0442. The first kappa shape index (κ1) is 27.2. The van der Waals surface area contributed by atoms with Crippen molar-refractivity contribution in [1.29, 1.82) is 0 Å². The zero-order valence-electron chi connectivity index (χ0n) is 22.0. The fourth-order valence-corrected chi connectivity index (χ4v) is 5.95. The maximum Gasteiger partial charge on any atom is 0.337 e. The van der Waals surface area contributed by atoms with Crippen molar-refractivity contribution in [2.75, 3.05) is 7.11 Å². The molecule has 0 atom stereocenters. The number of nitrogens with one attached hydrogen (secondary N) is 1. The van der Waals surface area contributed by atoms with Gasteiger partial charge < -0.3 is 10.1 Å². The fourth-order valence-electron chi connectivity index (χ4n) is 4.55. The molecule has 1 fully saturated rings. The van der Waals surface area contributed by atoms with Gasteiger partial charge in [0.25, 0.3) is 5.91 Å². The van der Waals surface area contributed by atoms with Crippen molar-refractivity contribution >= 4 is 21.9 Å². The number of amides is 1. The Balaban J connectivity index is 1.35. The van der Waals surface area contributed by atoms with Crippen LogP contribution in [0.25, 0.3) is 0 Å². The van der Waals surface area contributed by atoms with Gasteiger partial charge in [0.15, 0.2) is 0 Å². The zero-order valence-corrected chi connectivity index (χ0v) is 22.8. The van der Waals surface area contributed by atoms with Crippen molar-refractivity contribution in [2.24, 2.45) is 0 Å². The summed E-state index contributed by atoms with van der Waals surface area (Å²) in [7, 11) is -2.69. The largest absolute Gasteiger partial charge is 0.465 e. The molecule has 0 radical (unpaired) electrons. The average Bonchev–Trinajstić information content (AvgIpc) is 3.78. The van der Waals surface area contributed by atoms with E-state index in [1.165, 1.54) is 35.7 Å². The van der Waals surface area contributed by atoms with E-state index in [0.29, 0.717) is 16.8 Å². The van der Waals surface area contributed by atoms with Gasteiger partial charge in [-0.05, 0) is 72.5 Å². The van der Waals surface area contributed by atoms with E-state index in [-0.39, 0.29) is 35.0 Å². The van der Waals surface area contributed by atoms with Crippen LogP contribution < -0.4 is 5.32 Å². The number of sulfonamides is 1. The fraction of sp³-hybridized carbons (Fsp3) is 0.194. The van der Waals surface area contributed by atoms with Crippen molar-refractivity contribution in [3.63, 3.8) is 0 Å². The number of carbonyl (C=O) groups excluding carboxylic acids is 2. The number of esters is 1. The molecule has 3 aromatic carbocycles. The summed E-state index contributed by atoms with van der Waals surface area (Å²) in [5.41, 5.74) is 2.83. The molecule has 1 aliphatic rings. The van der Waals surface area contributed by atoms with Gasteiger partial charge in [0, 0.05) is 18.3 Å². The standard InChI is InChI=1S/C31H29N3O5S/c1-39-30(36)25-14-16-28(17-15-25)40(37,38)34(22-27-9-5-6-20-32-27)21-23-10-12-24(13-11-23)29(35)33-31(18-19-31)26-7-3-2-4-8-26/h2-17,20H,18-19,21-22H2,1H3,(H,33,35). The van der Waals surface area contributed by atoms with Crippen LogP contribution in [0.15, 0.2) is 108 Å². The highest BCUT2D eigenvalue weighted by molar-refractivity contribution is 7.89. The summed E-state index contributed by atoms with van der Waals surface area (Å²) in [5.74, 6) is -0.716. The van der Waals surface area contributed by atoms with Crippen LogP contribution >= 0.6 is 0 Å². The first-order valence-corrected chi connectivity index (χ1v) is 14.3. The molecule has 0 saturated heterocycles. The molecule has 1 N–H and O–H groups in total. The van der Waals surface area contributed by atoms with E-state index in [1.54, 1.807) is 48.7 Å². The Kier molecular flexibility index (Phi) is 7.77. The highest BCUT2D eigenvalue weighted by Gasteiger charge is 2.45. The van der Waals surface area contributed by atoms with E-state index < -0.39 is 16.0 Å². The van der Waals surface area contributed by atoms with E-state index >= 15 is 0 Å². The number of rotatable bonds is 10. The quantitative estimate of drug-likeness (QED) is 0.285. The summed E-state index contributed by atoms with van der Waals surface area (Å²) in [6.45, 7) is 0.108. The normalized spacial score (nSPS) is 13.9. The van der Waals surface area contributed by atoms with Crippen LogP contribution in [0.1, 0.15) is 50.4 Å². The van der Waals surface area contributed by atoms with Crippen LogP contribution in [0, 0.1) is 0 Å². The second kappa shape index (κ2) is 11.4. The highest BCUT2D eigenvalue weighted by Crippen LogP contribution is 2.45. The van der Waals surface area contributed by atoms with Gasteiger partial charge >= 0.3 is 5.97 Å². The summed E-state index contributed by atoms with van der Waals surface area (Å²) in [6.07, 6.45) is 3.39. The number of pyridine rings is 1. The van der Waals surface area contributed by atoms with Gasteiger partial charge in [-0.25, -0.2) is 13.2 Å². The minimum atomic E-state index is -3.96. The van der Waals surface area contributed by atoms with Crippen molar-refractivity contribution in [1.82, 2.24) is 14.6 Å². The molecular formula is C31H29N3O5S. The van der Waals surface area contributed by atoms with Crippen LogP contribution in [0.2, 0.25) is 0 Å². The van der Waals surface area contributed by atoms with E-state index in [4.69, 9.17) is 4.74 Å². The van der Waals surface area contributed by atoms with Gasteiger partial charge in [0.2, 0.25) is 10.0 Å². The predicted molar refractivity (Wildman–Crippen MR) is 150 cm³/mol. The van der Waals surface area contributed by atoms with Crippen LogP contribution in [0.5, 0.6) is 0 Å². The van der Waals surface area contributed by atoms with E-state index in [9.17, 15) is 18.0 Å². The highest BCUT2D eigenvalue weighted by atomic mass is 32.2. The second-order valence-corrected chi connectivity index (χ2v) is 11.6. The maximum atomic E-state index is 13.7. The van der Waals surface area contributed by atoms with Gasteiger partial charge in [0.1, 0.15) is 0 Å². The van der Waals surface area contributed by atoms with Gasteiger partial charge in [-0.3, -0.25) is 9.78 Å². The van der Waals surface area contributed by atoms with E-state index in [2.05, 4.69) is 10.3 Å². The molecular weight excluding hydrogens is 526 g/mol. The topological polar surface area (TPSA) is 106 Å². The van der Waals surface area contributed by atoms with Crippen LogP contribution in [-0.2, 0) is 33.4 Å². The van der Waals surface area contributed by atoms with Crippen molar-refractivity contribution < 1.29 is 22.7 Å². The monoisotopic (exact) mass is 555 g/mol. The minimum Gasteiger partial charge on any atom is -0.465 e. The Bertz CT molecular complexity index is 1590. The van der Waals surface area contributed by atoms with Crippen molar-refractivity contribution in [3.05, 3.63) is 131 Å². The van der Waals surface area contributed by atoms with Crippen LogP contribution in [0.4, 0.5) is 0 Å². The van der Waals surface area contributed by atoms with Crippen LogP contribution in [0.3, 0.4) is 0 Å². The molecule has 5 rings (SSSR count). The summed E-state index contributed by atoms with van der Waals surface area (Å²) in [6, 6.07) is 27.8. The lowest BCUT2D eigenvalue weighted by molar-refractivity contribution is 0.0600. The summed E-state index contributed by atoms with van der Waals surface area (Å²) >= 11 is 0. The SMILES string of the molecule is COC(=O)c1ccc(S(=O)(=O)N(Cc2ccc(C(=O)NC3(c4ccccc4)CC3)cc2)Cc2ccccn2)cc1. The Morgan fingerprint density at radius 2 is 1.50 bits per heavy atom. The number of benzene rings is 3. The molecule has 0 bridgehead atoms. The lowest BCUT2D eigenvalue weighted by Gasteiger charge is -2.22. The molecule has 0 spiro atoms. The first-order valence-electron chi connectivity index (χ1n) is 12.9. The molecule has 1 amide bonds. The smallest absolute Gasteiger partial charge is 0.337 e. The lowest BCUT2D eigenvalue weighted by atomic mass is 10.0. The first-order chi connectivity index (χ1) is 19.3. The third kappa shape index (κ3) is 5.95.